The van der Waals surface area contributed by atoms with Gasteiger partial charge in [0.15, 0.2) is 11.5 Å². The molecule has 1 aromatic rings. The Kier molecular flexibility index (Phi) is 3.26. The first kappa shape index (κ1) is 13.9. The maximum atomic E-state index is 12.5. The van der Waals surface area contributed by atoms with Crippen LogP contribution in [0.1, 0.15) is 36.4 Å². The summed E-state index contributed by atoms with van der Waals surface area (Å²) in [5.41, 5.74) is 2.53. The third-order valence-electron chi connectivity index (χ3n) is 5.34. The normalized spacial score (nSPS) is 27.2. The molecule has 118 valence electrons. The summed E-state index contributed by atoms with van der Waals surface area (Å²) in [4.78, 5) is 17.0. The molecule has 0 N–H and O–H groups in total. The van der Waals surface area contributed by atoms with E-state index in [1.165, 1.54) is 11.1 Å². The van der Waals surface area contributed by atoms with Crippen molar-refractivity contribution in [3.8, 4) is 11.5 Å². The largest absolute Gasteiger partial charge is 0.493 e. The third-order valence-corrected chi connectivity index (χ3v) is 5.34. The predicted molar refractivity (Wildman–Crippen MR) is 82.0 cm³/mol. The second kappa shape index (κ2) is 5.16. The van der Waals surface area contributed by atoms with Crippen LogP contribution in [0.5, 0.6) is 11.5 Å². The summed E-state index contributed by atoms with van der Waals surface area (Å²) in [6.45, 7) is 1.94. The second-order valence-corrected chi connectivity index (χ2v) is 6.32. The lowest BCUT2D eigenvalue weighted by Gasteiger charge is -2.48. The highest BCUT2D eigenvalue weighted by atomic mass is 16.5. The maximum absolute atomic E-state index is 12.5. The summed E-state index contributed by atoms with van der Waals surface area (Å²) < 4.78 is 10.9. The van der Waals surface area contributed by atoms with Gasteiger partial charge in [-0.15, -0.1) is 0 Å². The predicted octanol–water partition coefficient (Wildman–Crippen LogP) is 1.96. The first-order chi connectivity index (χ1) is 10.7. The molecule has 0 unspecified atom stereocenters. The Bertz CT molecular complexity index is 616. The molecule has 2 fully saturated rings. The Balaban J connectivity index is 1.75. The highest BCUT2D eigenvalue weighted by molar-refractivity contribution is 5.79. The van der Waals surface area contributed by atoms with Crippen molar-refractivity contribution in [2.75, 3.05) is 27.3 Å². The van der Waals surface area contributed by atoms with Crippen molar-refractivity contribution >= 4 is 5.91 Å². The van der Waals surface area contributed by atoms with Gasteiger partial charge in [0.05, 0.1) is 20.4 Å². The minimum absolute atomic E-state index is 0.190. The fraction of sp³-hybridized carbons (Fsp3) is 0.588. The molecule has 3 aliphatic heterocycles. The van der Waals surface area contributed by atoms with Gasteiger partial charge in [0.25, 0.3) is 0 Å². The molecule has 0 aromatic heterocycles. The van der Waals surface area contributed by atoms with Crippen LogP contribution in [0.4, 0.5) is 0 Å². The van der Waals surface area contributed by atoms with Crippen molar-refractivity contribution in [3.05, 3.63) is 23.3 Å². The number of nitrogens with zero attached hydrogens (tertiary/aromatic N) is 2. The lowest BCUT2D eigenvalue weighted by Crippen LogP contribution is -2.56. The van der Waals surface area contributed by atoms with Crippen LogP contribution >= 0.6 is 0 Å². The van der Waals surface area contributed by atoms with Crippen LogP contribution < -0.4 is 9.47 Å². The number of amides is 1. The zero-order chi connectivity index (χ0) is 15.3. The van der Waals surface area contributed by atoms with Crippen molar-refractivity contribution in [1.29, 1.82) is 0 Å². The number of benzene rings is 1. The van der Waals surface area contributed by atoms with Crippen molar-refractivity contribution < 1.29 is 14.3 Å². The van der Waals surface area contributed by atoms with Gasteiger partial charge in [-0.2, -0.15) is 0 Å². The molecule has 0 saturated carbocycles. The highest BCUT2D eigenvalue weighted by Gasteiger charge is 2.44. The van der Waals surface area contributed by atoms with E-state index in [0.717, 1.165) is 43.9 Å². The number of fused-ring (bicyclic) bond motifs is 5. The van der Waals surface area contributed by atoms with Gasteiger partial charge < -0.3 is 14.4 Å². The molecule has 1 amide bonds. The first-order valence-electron chi connectivity index (χ1n) is 8.03. The molecule has 2 atom stereocenters. The highest BCUT2D eigenvalue weighted by Crippen LogP contribution is 2.44. The van der Waals surface area contributed by atoms with Crippen molar-refractivity contribution in [1.82, 2.24) is 9.80 Å². The minimum Gasteiger partial charge on any atom is -0.493 e. The summed E-state index contributed by atoms with van der Waals surface area (Å²) in [5.74, 6) is 1.83. The van der Waals surface area contributed by atoms with E-state index < -0.39 is 0 Å². The molecule has 0 bridgehead atoms. The van der Waals surface area contributed by atoms with Gasteiger partial charge in [-0.3, -0.25) is 9.69 Å². The zero-order valence-corrected chi connectivity index (χ0v) is 13.2. The summed E-state index contributed by atoms with van der Waals surface area (Å²) in [7, 11) is 3.33. The lowest BCUT2D eigenvalue weighted by molar-refractivity contribution is -0.146. The summed E-state index contributed by atoms with van der Waals surface area (Å²) in [6.07, 6.45) is 4.11. The van der Waals surface area contributed by atoms with E-state index in [1.807, 2.05) is 0 Å². The standard InChI is InChI=1S/C17H22N2O3/c1-21-14-8-11-5-7-18-13(12(11)9-15(14)22-2)10-17(20)19-6-3-4-16(18)19/h8-9,13,16H,3-7,10H2,1-2H3/t13-,16+/m1/s1. The maximum Gasteiger partial charge on any atom is 0.225 e. The molecule has 3 heterocycles. The minimum atomic E-state index is 0.190. The molecule has 5 heteroatoms. The average Bonchev–Trinajstić information content (AvgIpc) is 3.04. The van der Waals surface area contributed by atoms with Gasteiger partial charge in [0.2, 0.25) is 5.91 Å². The van der Waals surface area contributed by atoms with E-state index in [2.05, 4.69) is 21.9 Å². The van der Waals surface area contributed by atoms with Crippen LogP contribution in [0.25, 0.3) is 0 Å². The Labute approximate surface area is 130 Å². The molecule has 4 rings (SSSR count). The monoisotopic (exact) mass is 302 g/mol. The quantitative estimate of drug-likeness (QED) is 0.837. The smallest absolute Gasteiger partial charge is 0.225 e. The zero-order valence-electron chi connectivity index (χ0n) is 13.2. The molecule has 3 aliphatic rings. The van der Waals surface area contributed by atoms with Gasteiger partial charge in [0.1, 0.15) is 0 Å². The Morgan fingerprint density at radius 1 is 1.14 bits per heavy atom. The number of rotatable bonds is 2. The fourth-order valence-electron chi connectivity index (χ4n) is 4.30. The van der Waals surface area contributed by atoms with Crippen molar-refractivity contribution in [2.24, 2.45) is 0 Å². The Hall–Kier alpha value is -1.75. The molecule has 5 nitrogen and oxygen atoms in total. The number of methoxy groups -OCH3 is 2. The number of carbonyl (C=O) groups is 1. The summed E-state index contributed by atoms with van der Waals surface area (Å²) >= 11 is 0. The Morgan fingerprint density at radius 2 is 1.91 bits per heavy atom. The number of ether oxygens (including phenoxy) is 2. The lowest BCUT2D eigenvalue weighted by atomic mass is 9.87. The number of hydrogen-bond donors (Lipinski definition) is 0. The van der Waals surface area contributed by atoms with Crippen LogP contribution in [0, 0.1) is 0 Å². The molecule has 0 spiro atoms. The molecular weight excluding hydrogens is 280 g/mol. The van der Waals surface area contributed by atoms with Crippen LogP contribution in [-0.4, -0.2) is 49.2 Å². The number of hydrogen-bond acceptors (Lipinski definition) is 4. The SMILES string of the molecule is COc1cc2c(cc1OC)[C@H]1CC(=O)N3CCC[C@H]3N1CC2. The van der Waals surface area contributed by atoms with Gasteiger partial charge in [-0.05, 0) is 42.5 Å². The summed E-state index contributed by atoms with van der Waals surface area (Å²) in [6, 6.07) is 4.34. The van der Waals surface area contributed by atoms with Crippen molar-refractivity contribution in [3.63, 3.8) is 0 Å². The van der Waals surface area contributed by atoms with Gasteiger partial charge in [-0.25, -0.2) is 0 Å². The van der Waals surface area contributed by atoms with Crippen LogP contribution in [0.15, 0.2) is 12.1 Å². The van der Waals surface area contributed by atoms with E-state index in [-0.39, 0.29) is 6.04 Å². The third kappa shape index (κ3) is 1.92. The van der Waals surface area contributed by atoms with E-state index >= 15 is 0 Å². The van der Waals surface area contributed by atoms with Gasteiger partial charge in [-0.1, -0.05) is 0 Å². The molecule has 1 aromatic carbocycles. The van der Waals surface area contributed by atoms with E-state index in [9.17, 15) is 4.79 Å². The molecule has 0 radical (unpaired) electrons. The van der Waals surface area contributed by atoms with Crippen LogP contribution in [0.3, 0.4) is 0 Å². The molecule has 22 heavy (non-hydrogen) atoms. The van der Waals surface area contributed by atoms with Crippen LogP contribution in [0.2, 0.25) is 0 Å². The van der Waals surface area contributed by atoms with Gasteiger partial charge >= 0.3 is 0 Å². The average molecular weight is 302 g/mol. The number of carbonyl (C=O) groups excluding carboxylic acids is 1. The summed E-state index contributed by atoms with van der Waals surface area (Å²) in [5, 5.41) is 0. The van der Waals surface area contributed by atoms with E-state index in [4.69, 9.17) is 9.47 Å². The molecule has 2 saturated heterocycles. The van der Waals surface area contributed by atoms with E-state index in [1.54, 1.807) is 14.2 Å². The fourth-order valence-corrected chi connectivity index (χ4v) is 4.30. The van der Waals surface area contributed by atoms with E-state index in [0.29, 0.717) is 18.5 Å². The van der Waals surface area contributed by atoms with Crippen molar-refractivity contribution in [2.45, 2.75) is 37.9 Å². The molecule has 0 aliphatic carbocycles. The second-order valence-electron chi connectivity index (χ2n) is 6.32. The first-order valence-corrected chi connectivity index (χ1v) is 8.03. The topological polar surface area (TPSA) is 42.0 Å². The van der Waals surface area contributed by atoms with Crippen LogP contribution in [-0.2, 0) is 11.2 Å². The Morgan fingerprint density at radius 3 is 2.68 bits per heavy atom. The van der Waals surface area contributed by atoms with Gasteiger partial charge in [0, 0.05) is 25.6 Å². The molecular formula is C17H22N2O3.